The molecule has 0 amide bonds. The van der Waals surface area contributed by atoms with E-state index in [0.29, 0.717) is 11.5 Å². The van der Waals surface area contributed by atoms with E-state index in [-0.39, 0.29) is 16.8 Å². The van der Waals surface area contributed by atoms with E-state index in [2.05, 4.69) is 48.0 Å². The molecule has 0 saturated carbocycles. The molecular weight excluding hydrogens is 338 g/mol. The molecule has 0 atom stereocenters. The highest BCUT2D eigenvalue weighted by molar-refractivity contribution is 5.83. The number of aromatic amines is 1. The molecular formula is C22H21N3O2. The molecule has 0 unspecified atom stereocenters. The lowest BCUT2D eigenvalue weighted by Crippen LogP contribution is -2.10. The molecule has 2 aromatic heterocycles. The molecule has 0 aliphatic rings. The molecule has 2 heterocycles. The van der Waals surface area contributed by atoms with Crippen molar-refractivity contribution in [3.05, 3.63) is 70.0 Å². The maximum absolute atomic E-state index is 12.4. The van der Waals surface area contributed by atoms with Crippen LogP contribution in [-0.2, 0) is 5.41 Å². The number of aryl methyl sites for hydroxylation is 1. The van der Waals surface area contributed by atoms with Gasteiger partial charge >= 0.3 is 0 Å². The lowest BCUT2D eigenvalue weighted by atomic mass is 9.87. The fraction of sp³-hybridized carbons (Fsp3) is 0.227. The van der Waals surface area contributed by atoms with Gasteiger partial charge in [-0.15, -0.1) is 0 Å². The normalized spacial score (nSPS) is 11.9. The molecule has 0 bridgehead atoms. The van der Waals surface area contributed by atoms with Crippen LogP contribution in [0.25, 0.3) is 33.7 Å². The van der Waals surface area contributed by atoms with Crippen LogP contribution in [0, 0.1) is 6.92 Å². The van der Waals surface area contributed by atoms with E-state index in [1.165, 1.54) is 5.56 Å². The van der Waals surface area contributed by atoms with Crippen LogP contribution >= 0.6 is 0 Å². The average molecular weight is 359 g/mol. The largest absolute Gasteiger partial charge is 0.334 e. The summed E-state index contributed by atoms with van der Waals surface area (Å²) < 4.78 is 5.41. The van der Waals surface area contributed by atoms with Gasteiger partial charge in [0.1, 0.15) is 0 Å². The van der Waals surface area contributed by atoms with Gasteiger partial charge < -0.3 is 9.51 Å². The first-order valence-corrected chi connectivity index (χ1v) is 8.90. The van der Waals surface area contributed by atoms with Crippen molar-refractivity contribution in [3.8, 4) is 22.8 Å². The van der Waals surface area contributed by atoms with Gasteiger partial charge in [-0.05, 0) is 53.6 Å². The van der Waals surface area contributed by atoms with E-state index in [1.807, 2.05) is 37.3 Å². The molecule has 27 heavy (non-hydrogen) atoms. The number of nitrogens with one attached hydrogen (secondary N) is 1. The lowest BCUT2D eigenvalue weighted by molar-refractivity contribution is 0.432. The smallest absolute Gasteiger partial charge is 0.259 e. The summed E-state index contributed by atoms with van der Waals surface area (Å²) in [6.07, 6.45) is 0. The predicted octanol–water partition coefficient (Wildman–Crippen LogP) is 4.85. The molecule has 0 aliphatic heterocycles. The standard InChI is InChI=1S/C22H21N3O2/c1-13-5-10-18-15(11-13)12-17(20(26)23-18)19-24-21(27-25-19)14-6-8-16(9-7-14)22(2,3)4/h5-12H,1-4H3,(H,23,26). The summed E-state index contributed by atoms with van der Waals surface area (Å²) in [4.78, 5) is 19.8. The van der Waals surface area contributed by atoms with Crippen LogP contribution < -0.4 is 5.56 Å². The number of hydrogen-bond acceptors (Lipinski definition) is 4. The Kier molecular flexibility index (Phi) is 3.95. The highest BCUT2D eigenvalue weighted by Gasteiger charge is 2.17. The van der Waals surface area contributed by atoms with Crippen LogP contribution in [0.2, 0.25) is 0 Å². The summed E-state index contributed by atoms with van der Waals surface area (Å²) in [6, 6.07) is 15.7. The van der Waals surface area contributed by atoms with Crippen molar-refractivity contribution >= 4 is 10.9 Å². The van der Waals surface area contributed by atoms with E-state index in [1.54, 1.807) is 6.07 Å². The Bertz CT molecular complexity index is 1180. The Hall–Kier alpha value is -3.21. The fourth-order valence-corrected chi connectivity index (χ4v) is 3.06. The monoisotopic (exact) mass is 359 g/mol. The second-order valence-corrected chi connectivity index (χ2v) is 7.85. The summed E-state index contributed by atoms with van der Waals surface area (Å²) in [7, 11) is 0. The van der Waals surface area contributed by atoms with E-state index in [9.17, 15) is 4.79 Å². The first-order valence-electron chi connectivity index (χ1n) is 8.90. The van der Waals surface area contributed by atoms with Crippen LogP contribution in [0.5, 0.6) is 0 Å². The Morgan fingerprint density at radius 1 is 1.00 bits per heavy atom. The first-order chi connectivity index (χ1) is 12.8. The Balaban J connectivity index is 1.73. The number of nitrogens with zero attached hydrogens (tertiary/aromatic N) is 2. The molecule has 0 fully saturated rings. The van der Waals surface area contributed by atoms with Gasteiger partial charge in [-0.1, -0.05) is 49.7 Å². The molecule has 0 radical (unpaired) electrons. The second-order valence-electron chi connectivity index (χ2n) is 7.85. The van der Waals surface area contributed by atoms with Crippen LogP contribution in [0.1, 0.15) is 31.9 Å². The van der Waals surface area contributed by atoms with Crippen molar-refractivity contribution in [2.45, 2.75) is 33.1 Å². The number of rotatable bonds is 2. The van der Waals surface area contributed by atoms with Crippen molar-refractivity contribution in [3.63, 3.8) is 0 Å². The molecule has 0 saturated heterocycles. The van der Waals surface area contributed by atoms with Crippen molar-refractivity contribution in [1.29, 1.82) is 0 Å². The van der Waals surface area contributed by atoms with Gasteiger partial charge in [-0.25, -0.2) is 0 Å². The zero-order valence-corrected chi connectivity index (χ0v) is 15.8. The maximum atomic E-state index is 12.4. The summed E-state index contributed by atoms with van der Waals surface area (Å²) in [5.41, 5.74) is 4.21. The second kappa shape index (κ2) is 6.20. The molecule has 4 aromatic rings. The number of H-pyrrole nitrogens is 1. The average Bonchev–Trinajstić information content (AvgIpc) is 3.11. The summed E-state index contributed by atoms with van der Waals surface area (Å²) in [5, 5.41) is 4.95. The molecule has 136 valence electrons. The van der Waals surface area contributed by atoms with Gasteiger partial charge in [-0.3, -0.25) is 4.79 Å². The van der Waals surface area contributed by atoms with Crippen molar-refractivity contribution in [2.75, 3.05) is 0 Å². The number of pyridine rings is 1. The number of fused-ring (bicyclic) bond motifs is 1. The summed E-state index contributed by atoms with van der Waals surface area (Å²) in [6.45, 7) is 8.51. The van der Waals surface area contributed by atoms with Crippen molar-refractivity contribution in [2.24, 2.45) is 0 Å². The third-order valence-electron chi connectivity index (χ3n) is 4.66. The third-order valence-corrected chi connectivity index (χ3v) is 4.66. The summed E-state index contributed by atoms with van der Waals surface area (Å²) in [5.74, 6) is 0.684. The minimum atomic E-state index is -0.234. The SMILES string of the molecule is Cc1ccc2[nH]c(=O)c(-c3noc(-c4ccc(C(C)(C)C)cc4)n3)cc2c1. The van der Waals surface area contributed by atoms with E-state index in [0.717, 1.165) is 22.0 Å². The zero-order chi connectivity index (χ0) is 19.2. The zero-order valence-electron chi connectivity index (χ0n) is 15.8. The van der Waals surface area contributed by atoms with E-state index >= 15 is 0 Å². The predicted molar refractivity (Wildman–Crippen MR) is 107 cm³/mol. The fourth-order valence-electron chi connectivity index (χ4n) is 3.06. The molecule has 0 spiro atoms. The van der Waals surface area contributed by atoms with Gasteiger partial charge in [0, 0.05) is 11.1 Å². The number of aromatic nitrogens is 3. The molecule has 2 aromatic carbocycles. The van der Waals surface area contributed by atoms with Crippen LogP contribution in [0.3, 0.4) is 0 Å². The highest BCUT2D eigenvalue weighted by Crippen LogP contribution is 2.26. The third kappa shape index (κ3) is 3.28. The Morgan fingerprint density at radius 2 is 1.74 bits per heavy atom. The Morgan fingerprint density at radius 3 is 2.44 bits per heavy atom. The van der Waals surface area contributed by atoms with Gasteiger partial charge in [0.15, 0.2) is 0 Å². The minimum Gasteiger partial charge on any atom is -0.334 e. The van der Waals surface area contributed by atoms with Crippen molar-refractivity contribution in [1.82, 2.24) is 15.1 Å². The van der Waals surface area contributed by atoms with Crippen LogP contribution in [0.15, 0.2) is 57.8 Å². The van der Waals surface area contributed by atoms with Gasteiger partial charge in [0.05, 0.1) is 5.56 Å². The van der Waals surface area contributed by atoms with Gasteiger partial charge in [0.25, 0.3) is 11.4 Å². The number of hydrogen-bond donors (Lipinski definition) is 1. The number of benzene rings is 2. The van der Waals surface area contributed by atoms with Crippen LogP contribution in [-0.4, -0.2) is 15.1 Å². The van der Waals surface area contributed by atoms with Gasteiger partial charge in [0.2, 0.25) is 5.82 Å². The molecule has 4 rings (SSSR count). The van der Waals surface area contributed by atoms with E-state index in [4.69, 9.17) is 4.52 Å². The van der Waals surface area contributed by atoms with Crippen molar-refractivity contribution < 1.29 is 4.52 Å². The van der Waals surface area contributed by atoms with Gasteiger partial charge in [-0.2, -0.15) is 4.98 Å². The molecule has 1 N–H and O–H groups in total. The summed E-state index contributed by atoms with van der Waals surface area (Å²) >= 11 is 0. The highest BCUT2D eigenvalue weighted by atomic mass is 16.5. The quantitative estimate of drug-likeness (QED) is 0.555. The molecule has 0 aliphatic carbocycles. The van der Waals surface area contributed by atoms with Crippen LogP contribution in [0.4, 0.5) is 0 Å². The van der Waals surface area contributed by atoms with E-state index < -0.39 is 0 Å². The Labute approximate surface area is 157 Å². The maximum Gasteiger partial charge on any atom is 0.259 e. The first kappa shape index (κ1) is 17.2. The molecule has 5 nitrogen and oxygen atoms in total. The minimum absolute atomic E-state index is 0.0784. The topological polar surface area (TPSA) is 71.8 Å². The molecule has 5 heteroatoms. The lowest BCUT2D eigenvalue weighted by Gasteiger charge is -2.18.